The largest absolute Gasteiger partial charge is 0.477 e. The summed E-state index contributed by atoms with van der Waals surface area (Å²) < 4.78 is 22.5. The molecule has 2 unspecified atom stereocenters. The smallest absolute Gasteiger partial charge is 0.361 e. The summed E-state index contributed by atoms with van der Waals surface area (Å²) in [6.07, 6.45) is 22.0. The Hall–Kier alpha value is -1.71. The van der Waals surface area contributed by atoms with Crippen molar-refractivity contribution in [2.75, 3.05) is 47.5 Å². The molecule has 0 aliphatic heterocycles. The number of nitrogens with zero attached hydrogens (tertiary/aromatic N) is 1. The fraction of sp³-hybridized carbons (Fsp3) is 0.917. The molecule has 1 N–H and O–H groups in total. The van der Waals surface area contributed by atoms with Crippen LogP contribution in [0.15, 0.2) is 0 Å². The van der Waals surface area contributed by atoms with Crippen LogP contribution in [0.3, 0.4) is 0 Å². The topological polar surface area (TPSA) is 108 Å². The highest BCUT2D eigenvalue weighted by molar-refractivity contribution is 5.71. The molecule has 0 saturated heterocycles. The third-order valence-electron chi connectivity index (χ3n) is 7.86. The van der Waals surface area contributed by atoms with Gasteiger partial charge in [-0.15, -0.1) is 0 Å². The fourth-order valence-corrected chi connectivity index (χ4v) is 4.95. The lowest BCUT2D eigenvalue weighted by atomic mass is 10.0. The lowest BCUT2D eigenvalue weighted by Gasteiger charge is -2.25. The van der Waals surface area contributed by atoms with E-state index in [1.165, 1.54) is 77.0 Å². The standard InChI is InChI=1S/C36H69NO8/c1-6-8-10-12-13-14-15-16-17-18-19-20-21-23-25-27-34(39)45-32(30-43-33(38)26-24-22-11-9-7-2)31-44-36(35(40)41)42-29-28-37(3,4)5/h32,36H,6-31H2,1-5H3/p+1. The first-order valence-electron chi connectivity index (χ1n) is 18.2. The zero-order chi connectivity index (χ0) is 33.6. The first-order valence-corrected chi connectivity index (χ1v) is 18.2. The van der Waals surface area contributed by atoms with Crippen LogP contribution < -0.4 is 0 Å². The van der Waals surface area contributed by atoms with Gasteiger partial charge in [-0.3, -0.25) is 9.59 Å². The molecule has 0 aromatic rings. The van der Waals surface area contributed by atoms with Crippen LogP contribution in [0.1, 0.15) is 155 Å². The highest BCUT2D eigenvalue weighted by Crippen LogP contribution is 2.14. The summed E-state index contributed by atoms with van der Waals surface area (Å²) in [6.45, 7) is 4.77. The Kier molecular flexibility index (Phi) is 28.5. The van der Waals surface area contributed by atoms with Gasteiger partial charge in [-0.25, -0.2) is 4.79 Å². The Labute approximate surface area is 275 Å². The molecule has 0 aliphatic rings. The van der Waals surface area contributed by atoms with E-state index >= 15 is 0 Å². The molecule has 0 radical (unpaired) electrons. The van der Waals surface area contributed by atoms with Gasteiger partial charge in [0.2, 0.25) is 0 Å². The lowest BCUT2D eigenvalue weighted by Crippen LogP contribution is -2.40. The van der Waals surface area contributed by atoms with E-state index in [-0.39, 0.29) is 32.2 Å². The number of likely N-dealkylation sites (N-methyl/N-ethyl adjacent to an activating group) is 1. The van der Waals surface area contributed by atoms with Crippen molar-refractivity contribution in [1.82, 2.24) is 0 Å². The highest BCUT2D eigenvalue weighted by Gasteiger charge is 2.25. The van der Waals surface area contributed by atoms with E-state index in [2.05, 4.69) is 13.8 Å². The molecule has 0 aromatic carbocycles. The molecule has 0 amide bonds. The maximum Gasteiger partial charge on any atom is 0.361 e. The molecule has 0 aromatic heterocycles. The summed E-state index contributed by atoms with van der Waals surface area (Å²) in [7, 11) is 5.94. The molecule has 9 nitrogen and oxygen atoms in total. The summed E-state index contributed by atoms with van der Waals surface area (Å²) in [4.78, 5) is 36.5. The van der Waals surface area contributed by atoms with E-state index in [0.717, 1.165) is 51.4 Å². The molecule has 2 atom stereocenters. The van der Waals surface area contributed by atoms with Gasteiger partial charge in [-0.2, -0.15) is 0 Å². The number of ether oxygens (including phenoxy) is 4. The van der Waals surface area contributed by atoms with E-state index in [4.69, 9.17) is 18.9 Å². The van der Waals surface area contributed by atoms with Gasteiger partial charge >= 0.3 is 17.9 Å². The number of carbonyl (C=O) groups is 3. The zero-order valence-corrected chi connectivity index (χ0v) is 29.8. The first-order chi connectivity index (χ1) is 21.6. The van der Waals surface area contributed by atoms with E-state index in [1.54, 1.807) is 0 Å². The predicted molar refractivity (Wildman–Crippen MR) is 180 cm³/mol. The van der Waals surface area contributed by atoms with Gasteiger partial charge in [0.25, 0.3) is 6.29 Å². The number of carbonyl (C=O) groups excluding carboxylic acids is 2. The molecule has 0 aliphatic carbocycles. The predicted octanol–water partition coefficient (Wildman–Crippen LogP) is 8.21. The Morgan fingerprint density at radius 3 is 1.42 bits per heavy atom. The second-order valence-corrected chi connectivity index (χ2v) is 13.5. The van der Waals surface area contributed by atoms with Crippen molar-refractivity contribution in [3.63, 3.8) is 0 Å². The third kappa shape index (κ3) is 30.7. The fourth-order valence-electron chi connectivity index (χ4n) is 4.95. The molecule has 0 rings (SSSR count). The lowest BCUT2D eigenvalue weighted by molar-refractivity contribution is -0.870. The second-order valence-electron chi connectivity index (χ2n) is 13.5. The van der Waals surface area contributed by atoms with Crippen molar-refractivity contribution in [1.29, 1.82) is 0 Å². The van der Waals surface area contributed by atoms with E-state index < -0.39 is 24.3 Å². The molecule has 9 heteroatoms. The van der Waals surface area contributed by atoms with Crippen molar-refractivity contribution < 1.29 is 42.9 Å². The zero-order valence-electron chi connectivity index (χ0n) is 29.8. The average molecular weight is 645 g/mol. The number of quaternary nitrogens is 1. The van der Waals surface area contributed by atoms with E-state index in [9.17, 15) is 19.5 Å². The molecule has 0 bridgehead atoms. The van der Waals surface area contributed by atoms with Crippen molar-refractivity contribution in [2.24, 2.45) is 0 Å². The minimum absolute atomic E-state index is 0.177. The second kappa shape index (κ2) is 29.7. The van der Waals surface area contributed by atoms with E-state index in [1.807, 2.05) is 21.1 Å². The van der Waals surface area contributed by atoms with Gasteiger partial charge < -0.3 is 28.5 Å². The summed E-state index contributed by atoms with van der Waals surface area (Å²) in [5, 5.41) is 9.53. The van der Waals surface area contributed by atoms with Crippen LogP contribution in [0, 0.1) is 0 Å². The highest BCUT2D eigenvalue weighted by atomic mass is 16.7. The number of rotatable bonds is 33. The average Bonchev–Trinajstić information content (AvgIpc) is 2.98. The van der Waals surface area contributed by atoms with Crippen LogP contribution in [0.4, 0.5) is 0 Å². The van der Waals surface area contributed by atoms with Gasteiger partial charge in [0.05, 0.1) is 34.4 Å². The van der Waals surface area contributed by atoms with Crippen LogP contribution in [-0.2, 0) is 33.3 Å². The summed E-state index contributed by atoms with van der Waals surface area (Å²) in [5.41, 5.74) is 0. The van der Waals surface area contributed by atoms with Gasteiger partial charge in [0.1, 0.15) is 13.2 Å². The molecule has 0 fully saturated rings. The molecule has 45 heavy (non-hydrogen) atoms. The number of esters is 2. The number of aliphatic carboxylic acids is 1. The van der Waals surface area contributed by atoms with Crippen molar-refractivity contribution in [3.8, 4) is 0 Å². The van der Waals surface area contributed by atoms with E-state index in [0.29, 0.717) is 17.4 Å². The summed E-state index contributed by atoms with van der Waals surface area (Å²) in [5.74, 6) is -2.01. The quantitative estimate of drug-likeness (QED) is 0.0330. The molecule has 0 heterocycles. The monoisotopic (exact) mass is 645 g/mol. The number of carboxylic acids is 1. The normalized spacial score (nSPS) is 13.0. The Balaban J connectivity index is 4.41. The maximum absolute atomic E-state index is 12.6. The van der Waals surface area contributed by atoms with Crippen molar-refractivity contribution in [2.45, 2.75) is 167 Å². The van der Waals surface area contributed by atoms with Gasteiger partial charge in [-0.05, 0) is 12.8 Å². The van der Waals surface area contributed by atoms with Crippen LogP contribution in [0.2, 0.25) is 0 Å². The Bertz CT molecular complexity index is 724. The molecule has 266 valence electrons. The Morgan fingerprint density at radius 1 is 0.578 bits per heavy atom. The van der Waals surface area contributed by atoms with Gasteiger partial charge in [0, 0.05) is 12.8 Å². The number of hydrogen-bond acceptors (Lipinski definition) is 7. The van der Waals surface area contributed by atoms with Crippen molar-refractivity contribution >= 4 is 17.9 Å². The first kappa shape index (κ1) is 43.3. The minimum atomic E-state index is -1.50. The SMILES string of the molecule is CCCCCCCCCCCCCCCCCC(=O)OC(COC(=O)CCCCCCC)COC(OCC[N+](C)(C)C)C(=O)O. The van der Waals surface area contributed by atoms with Crippen LogP contribution in [0.25, 0.3) is 0 Å². The molecular weight excluding hydrogens is 574 g/mol. The number of hydrogen-bond donors (Lipinski definition) is 1. The molecular formula is C36H70NO8+. The minimum Gasteiger partial charge on any atom is -0.477 e. The molecule has 0 saturated carbocycles. The maximum atomic E-state index is 12.6. The summed E-state index contributed by atoms with van der Waals surface area (Å²) in [6, 6.07) is 0. The van der Waals surface area contributed by atoms with Gasteiger partial charge in [0.15, 0.2) is 6.10 Å². The summed E-state index contributed by atoms with van der Waals surface area (Å²) >= 11 is 0. The molecule has 0 spiro atoms. The van der Waals surface area contributed by atoms with Crippen LogP contribution >= 0.6 is 0 Å². The van der Waals surface area contributed by atoms with Crippen molar-refractivity contribution in [3.05, 3.63) is 0 Å². The third-order valence-corrected chi connectivity index (χ3v) is 7.86. The van der Waals surface area contributed by atoms with Gasteiger partial charge in [-0.1, -0.05) is 129 Å². The Morgan fingerprint density at radius 2 is 1.00 bits per heavy atom. The number of unbranched alkanes of at least 4 members (excludes halogenated alkanes) is 18. The number of carboxylic acid groups (broad SMARTS) is 1. The van der Waals surface area contributed by atoms with Crippen LogP contribution in [-0.4, -0.2) is 87.4 Å². The van der Waals surface area contributed by atoms with Crippen LogP contribution in [0.5, 0.6) is 0 Å².